The highest BCUT2D eigenvalue weighted by Crippen LogP contribution is 2.14. The molecule has 1 unspecified atom stereocenters. The minimum Gasteiger partial charge on any atom is -0.325 e. The predicted molar refractivity (Wildman–Crippen MR) is 57.5 cm³/mol. The monoisotopic (exact) mass is 252 g/mol. The third-order valence-corrected chi connectivity index (χ3v) is 2.23. The summed E-state index contributed by atoms with van der Waals surface area (Å²) in [6.07, 6.45) is 0. The van der Waals surface area contributed by atoms with Crippen LogP contribution in [0.3, 0.4) is 0 Å². The average molecular weight is 253 g/mol. The summed E-state index contributed by atoms with van der Waals surface area (Å²) in [6.45, 7) is 1.56. The van der Waals surface area contributed by atoms with Gasteiger partial charge in [0.05, 0.1) is 6.07 Å². The Balaban J connectivity index is 2.66. The van der Waals surface area contributed by atoms with Gasteiger partial charge in [-0.1, -0.05) is 15.9 Å². The smallest absolute Gasteiger partial charge is 0.241 e. The van der Waals surface area contributed by atoms with Crippen LogP contribution in [0.5, 0.6) is 0 Å². The summed E-state index contributed by atoms with van der Waals surface area (Å²) in [7, 11) is 0. The number of rotatable bonds is 2. The minimum absolute atomic E-state index is 0.283. The molecule has 0 saturated carbocycles. The first kappa shape index (κ1) is 10.7. The van der Waals surface area contributed by atoms with Crippen molar-refractivity contribution in [1.29, 1.82) is 5.26 Å². The molecule has 3 nitrogen and oxygen atoms in total. The summed E-state index contributed by atoms with van der Waals surface area (Å²) in [5.41, 5.74) is 0.695. The molecular formula is C10H9BrN2O. The van der Waals surface area contributed by atoms with Crippen molar-refractivity contribution in [2.75, 3.05) is 5.32 Å². The van der Waals surface area contributed by atoms with E-state index in [1.165, 1.54) is 0 Å². The van der Waals surface area contributed by atoms with Crippen molar-refractivity contribution in [3.63, 3.8) is 0 Å². The minimum atomic E-state index is -0.626. The van der Waals surface area contributed by atoms with Gasteiger partial charge in [-0.15, -0.1) is 0 Å². The number of carbonyl (C=O) groups is 1. The Kier molecular flexibility index (Phi) is 3.66. The summed E-state index contributed by atoms with van der Waals surface area (Å²) >= 11 is 3.29. The van der Waals surface area contributed by atoms with Crippen LogP contribution in [0.4, 0.5) is 5.69 Å². The Labute approximate surface area is 90.9 Å². The number of halogens is 1. The van der Waals surface area contributed by atoms with Gasteiger partial charge in [-0.2, -0.15) is 5.26 Å². The molecule has 1 atom stereocenters. The molecule has 1 N–H and O–H groups in total. The van der Waals surface area contributed by atoms with Crippen molar-refractivity contribution in [3.05, 3.63) is 28.7 Å². The number of hydrogen-bond donors (Lipinski definition) is 1. The quantitative estimate of drug-likeness (QED) is 0.880. The summed E-state index contributed by atoms with van der Waals surface area (Å²) in [4.78, 5) is 11.3. The molecule has 1 amide bonds. The largest absolute Gasteiger partial charge is 0.325 e. The second-order valence-electron chi connectivity index (χ2n) is 2.85. The van der Waals surface area contributed by atoms with Gasteiger partial charge < -0.3 is 5.32 Å². The van der Waals surface area contributed by atoms with Crippen LogP contribution in [0.15, 0.2) is 28.7 Å². The van der Waals surface area contributed by atoms with Crippen molar-refractivity contribution < 1.29 is 4.79 Å². The molecule has 0 fully saturated rings. The van der Waals surface area contributed by atoms with E-state index in [1.807, 2.05) is 18.2 Å². The molecule has 4 heteroatoms. The fourth-order valence-electron chi connectivity index (χ4n) is 0.842. The van der Waals surface area contributed by atoms with E-state index in [9.17, 15) is 4.79 Å². The van der Waals surface area contributed by atoms with E-state index in [0.29, 0.717) is 5.69 Å². The van der Waals surface area contributed by atoms with E-state index in [4.69, 9.17) is 5.26 Å². The van der Waals surface area contributed by atoms with Crippen molar-refractivity contribution >= 4 is 27.5 Å². The maximum Gasteiger partial charge on any atom is 0.241 e. The van der Waals surface area contributed by atoms with Gasteiger partial charge in [-0.3, -0.25) is 4.79 Å². The fraction of sp³-hybridized carbons (Fsp3) is 0.200. The van der Waals surface area contributed by atoms with E-state index < -0.39 is 5.92 Å². The maximum absolute atomic E-state index is 11.3. The number of nitriles is 1. The van der Waals surface area contributed by atoms with Crippen molar-refractivity contribution in [3.8, 4) is 6.07 Å². The normalized spacial score (nSPS) is 11.5. The topological polar surface area (TPSA) is 52.9 Å². The third-order valence-electron chi connectivity index (χ3n) is 1.70. The lowest BCUT2D eigenvalue weighted by molar-refractivity contribution is -0.117. The van der Waals surface area contributed by atoms with E-state index in [0.717, 1.165) is 4.47 Å². The second kappa shape index (κ2) is 4.77. The summed E-state index contributed by atoms with van der Waals surface area (Å²) in [5, 5.41) is 11.1. The maximum atomic E-state index is 11.3. The SMILES string of the molecule is CC(C#N)C(=O)Nc1ccc(Br)cc1. The summed E-state index contributed by atoms with van der Waals surface area (Å²) in [6, 6.07) is 9.07. The molecule has 0 heterocycles. The Morgan fingerprint density at radius 2 is 2.07 bits per heavy atom. The van der Waals surface area contributed by atoms with Crippen LogP contribution in [0.1, 0.15) is 6.92 Å². The van der Waals surface area contributed by atoms with Gasteiger partial charge in [0.15, 0.2) is 0 Å². The lowest BCUT2D eigenvalue weighted by Crippen LogP contribution is -2.18. The molecular weight excluding hydrogens is 244 g/mol. The zero-order valence-electron chi connectivity index (χ0n) is 7.62. The lowest BCUT2D eigenvalue weighted by Gasteiger charge is -2.05. The predicted octanol–water partition coefficient (Wildman–Crippen LogP) is 2.55. The van der Waals surface area contributed by atoms with Crippen LogP contribution in [0.2, 0.25) is 0 Å². The zero-order valence-corrected chi connectivity index (χ0v) is 9.21. The lowest BCUT2D eigenvalue weighted by atomic mass is 10.2. The third kappa shape index (κ3) is 2.86. The Hall–Kier alpha value is -1.34. The molecule has 1 aromatic rings. The van der Waals surface area contributed by atoms with Crippen LogP contribution >= 0.6 is 15.9 Å². The molecule has 0 aliphatic carbocycles. The van der Waals surface area contributed by atoms with Gasteiger partial charge in [-0.05, 0) is 31.2 Å². The van der Waals surface area contributed by atoms with Gasteiger partial charge >= 0.3 is 0 Å². The second-order valence-corrected chi connectivity index (χ2v) is 3.76. The van der Waals surface area contributed by atoms with Gasteiger partial charge in [0.1, 0.15) is 5.92 Å². The highest BCUT2D eigenvalue weighted by molar-refractivity contribution is 9.10. The Morgan fingerprint density at radius 3 is 2.57 bits per heavy atom. The number of nitrogens with one attached hydrogen (secondary N) is 1. The van der Waals surface area contributed by atoms with Crippen molar-refractivity contribution in [2.24, 2.45) is 5.92 Å². The van der Waals surface area contributed by atoms with E-state index in [2.05, 4.69) is 21.2 Å². The van der Waals surface area contributed by atoms with E-state index >= 15 is 0 Å². The summed E-state index contributed by atoms with van der Waals surface area (Å²) in [5.74, 6) is -0.909. The number of amides is 1. The van der Waals surface area contributed by atoms with Gasteiger partial charge in [0, 0.05) is 10.2 Å². The Morgan fingerprint density at radius 1 is 1.50 bits per heavy atom. The molecule has 14 heavy (non-hydrogen) atoms. The molecule has 1 rings (SSSR count). The van der Waals surface area contributed by atoms with Crippen LogP contribution in [0, 0.1) is 17.2 Å². The number of benzene rings is 1. The fourth-order valence-corrected chi connectivity index (χ4v) is 1.11. The molecule has 0 radical (unpaired) electrons. The first-order chi connectivity index (χ1) is 6.63. The average Bonchev–Trinajstić information content (AvgIpc) is 2.20. The van der Waals surface area contributed by atoms with Gasteiger partial charge in [0.2, 0.25) is 5.91 Å². The standard InChI is InChI=1S/C10H9BrN2O/c1-7(6-12)10(14)13-9-4-2-8(11)3-5-9/h2-5,7H,1H3,(H,13,14). The summed E-state index contributed by atoms with van der Waals surface area (Å²) < 4.78 is 0.948. The highest BCUT2D eigenvalue weighted by Gasteiger charge is 2.10. The van der Waals surface area contributed by atoms with E-state index in [1.54, 1.807) is 19.1 Å². The zero-order chi connectivity index (χ0) is 10.6. The van der Waals surface area contributed by atoms with Gasteiger partial charge in [0.25, 0.3) is 0 Å². The van der Waals surface area contributed by atoms with Crippen molar-refractivity contribution in [2.45, 2.75) is 6.92 Å². The molecule has 0 aromatic heterocycles. The molecule has 0 aliphatic heterocycles. The number of nitrogens with zero attached hydrogens (tertiary/aromatic N) is 1. The molecule has 0 spiro atoms. The van der Waals surface area contributed by atoms with Crippen LogP contribution in [-0.4, -0.2) is 5.91 Å². The molecule has 0 aliphatic rings. The first-order valence-electron chi connectivity index (χ1n) is 4.09. The molecule has 0 saturated heterocycles. The molecule has 72 valence electrons. The van der Waals surface area contributed by atoms with E-state index in [-0.39, 0.29) is 5.91 Å². The first-order valence-corrected chi connectivity index (χ1v) is 4.89. The number of anilines is 1. The number of carbonyl (C=O) groups excluding carboxylic acids is 1. The highest BCUT2D eigenvalue weighted by atomic mass is 79.9. The van der Waals surface area contributed by atoms with Crippen LogP contribution < -0.4 is 5.32 Å². The Bertz CT molecular complexity index is 367. The molecule has 0 bridgehead atoms. The van der Waals surface area contributed by atoms with Gasteiger partial charge in [-0.25, -0.2) is 0 Å². The van der Waals surface area contributed by atoms with Crippen molar-refractivity contribution in [1.82, 2.24) is 0 Å². The van der Waals surface area contributed by atoms with Crippen LogP contribution in [0.25, 0.3) is 0 Å². The van der Waals surface area contributed by atoms with Crippen LogP contribution in [-0.2, 0) is 4.79 Å². The number of hydrogen-bond acceptors (Lipinski definition) is 2. The molecule has 1 aromatic carbocycles.